The van der Waals surface area contributed by atoms with Crippen LogP contribution in [0.2, 0.25) is 0 Å². The molecular formula is C9H16N4O2. The first kappa shape index (κ1) is 11.7. The van der Waals surface area contributed by atoms with Crippen LogP contribution in [0.1, 0.15) is 6.92 Å². The number of hydrazine groups is 1. The summed E-state index contributed by atoms with van der Waals surface area (Å²) < 4.78 is 0. The second-order valence-electron chi connectivity index (χ2n) is 3.56. The van der Waals surface area contributed by atoms with Crippen molar-refractivity contribution in [3.05, 3.63) is 18.2 Å². The standard InChI is InChI=1S/C9H16N4O2/c1-9(15,6-14)5-11-7-3-2-4-8(12-7)13-10/h2-4,14-15H,5-6,10H2,1H3,(H2,11,12,13). The van der Waals surface area contributed by atoms with Crippen LogP contribution in [-0.4, -0.2) is 33.9 Å². The Morgan fingerprint density at radius 1 is 1.47 bits per heavy atom. The molecule has 1 heterocycles. The fourth-order valence-corrected chi connectivity index (χ4v) is 0.950. The van der Waals surface area contributed by atoms with E-state index in [4.69, 9.17) is 10.9 Å². The highest BCUT2D eigenvalue weighted by Gasteiger charge is 2.18. The molecule has 15 heavy (non-hydrogen) atoms. The average Bonchev–Trinajstić information content (AvgIpc) is 2.27. The van der Waals surface area contributed by atoms with Crippen molar-refractivity contribution in [1.29, 1.82) is 0 Å². The number of nitrogens with zero attached hydrogens (tertiary/aromatic N) is 1. The Bertz CT molecular complexity index is 317. The number of aliphatic hydroxyl groups is 2. The van der Waals surface area contributed by atoms with Gasteiger partial charge in [0.25, 0.3) is 0 Å². The van der Waals surface area contributed by atoms with Crippen molar-refractivity contribution >= 4 is 11.6 Å². The van der Waals surface area contributed by atoms with Crippen LogP contribution in [-0.2, 0) is 0 Å². The molecule has 6 nitrogen and oxygen atoms in total. The fraction of sp³-hybridized carbons (Fsp3) is 0.444. The highest BCUT2D eigenvalue weighted by Crippen LogP contribution is 2.09. The molecule has 0 fully saturated rings. The molecule has 6 heteroatoms. The van der Waals surface area contributed by atoms with E-state index in [-0.39, 0.29) is 13.2 Å². The first-order valence-corrected chi connectivity index (χ1v) is 4.58. The zero-order chi connectivity index (χ0) is 11.3. The van der Waals surface area contributed by atoms with Gasteiger partial charge in [-0.25, -0.2) is 10.8 Å². The van der Waals surface area contributed by atoms with Crippen molar-refractivity contribution in [2.75, 3.05) is 23.9 Å². The summed E-state index contributed by atoms with van der Waals surface area (Å²) in [7, 11) is 0. The first-order valence-electron chi connectivity index (χ1n) is 4.58. The molecule has 0 bridgehead atoms. The van der Waals surface area contributed by atoms with Gasteiger partial charge in [0.2, 0.25) is 0 Å². The summed E-state index contributed by atoms with van der Waals surface area (Å²) in [5.74, 6) is 6.31. The van der Waals surface area contributed by atoms with Gasteiger partial charge in [-0.15, -0.1) is 0 Å². The summed E-state index contributed by atoms with van der Waals surface area (Å²) in [6.45, 7) is 1.43. The molecule has 0 amide bonds. The maximum Gasteiger partial charge on any atom is 0.142 e. The third kappa shape index (κ3) is 3.70. The summed E-state index contributed by atoms with van der Waals surface area (Å²) in [4.78, 5) is 4.09. The third-order valence-corrected chi connectivity index (χ3v) is 1.89. The second-order valence-corrected chi connectivity index (χ2v) is 3.56. The lowest BCUT2D eigenvalue weighted by molar-refractivity contribution is 0.0132. The number of hydrogen-bond acceptors (Lipinski definition) is 6. The van der Waals surface area contributed by atoms with Gasteiger partial charge < -0.3 is 21.0 Å². The number of anilines is 2. The van der Waals surface area contributed by atoms with E-state index in [1.165, 1.54) is 6.92 Å². The van der Waals surface area contributed by atoms with Crippen molar-refractivity contribution in [1.82, 2.24) is 4.98 Å². The number of aliphatic hydroxyl groups excluding tert-OH is 1. The number of hydrogen-bond donors (Lipinski definition) is 5. The zero-order valence-corrected chi connectivity index (χ0v) is 8.57. The normalized spacial score (nSPS) is 14.4. The topological polar surface area (TPSA) is 103 Å². The Morgan fingerprint density at radius 2 is 2.13 bits per heavy atom. The molecule has 0 aliphatic carbocycles. The Kier molecular flexibility index (Phi) is 3.84. The molecule has 0 saturated carbocycles. The van der Waals surface area contributed by atoms with Crippen LogP contribution in [0.5, 0.6) is 0 Å². The molecule has 1 rings (SSSR count). The largest absolute Gasteiger partial charge is 0.393 e. The fourth-order valence-electron chi connectivity index (χ4n) is 0.950. The summed E-state index contributed by atoms with van der Waals surface area (Å²) in [6, 6.07) is 5.24. The van der Waals surface area contributed by atoms with E-state index in [1.807, 2.05) is 0 Å². The van der Waals surface area contributed by atoms with E-state index in [0.29, 0.717) is 11.6 Å². The lowest BCUT2D eigenvalue weighted by Gasteiger charge is -2.20. The monoisotopic (exact) mass is 212 g/mol. The molecule has 1 aromatic heterocycles. The Hall–Kier alpha value is -1.37. The Morgan fingerprint density at radius 3 is 2.73 bits per heavy atom. The summed E-state index contributed by atoms with van der Waals surface area (Å²) in [5, 5.41) is 21.3. The van der Waals surface area contributed by atoms with Gasteiger partial charge in [0, 0.05) is 6.54 Å². The molecule has 0 aliphatic heterocycles. The maximum atomic E-state index is 9.53. The van der Waals surface area contributed by atoms with Gasteiger partial charge in [-0.2, -0.15) is 0 Å². The lowest BCUT2D eigenvalue weighted by Crippen LogP contribution is -2.37. The first-order chi connectivity index (χ1) is 7.07. The van der Waals surface area contributed by atoms with E-state index >= 15 is 0 Å². The highest BCUT2D eigenvalue weighted by atomic mass is 16.3. The zero-order valence-electron chi connectivity index (χ0n) is 8.57. The predicted octanol–water partition coefficient (Wildman–Crippen LogP) is -0.478. The Balaban J connectivity index is 2.57. The smallest absolute Gasteiger partial charge is 0.142 e. The average molecular weight is 212 g/mol. The molecule has 1 atom stereocenters. The SMILES string of the molecule is CC(O)(CO)CNc1cccc(NN)n1. The van der Waals surface area contributed by atoms with Crippen molar-refractivity contribution in [3.8, 4) is 0 Å². The van der Waals surface area contributed by atoms with Gasteiger partial charge in [-0.3, -0.25) is 0 Å². The number of nitrogens with one attached hydrogen (secondary N) is 2. The third-order valence-electron chi connectivity index (χ3n) is 1.89. The molecule has 0 spiro atoms. The number of nitrogens with two attached hydrogens (primary N) is 1. The number of rotatable bonds is 5. The van der Waals surface area contributed by atoms with Crippen LogP contribution in [0.3, 0.4) is 0 Å². The van der Waals surface area contributed by atoms with Gasteiger partial charge in [0.15, 0.2) is 0 Å². The Labute approximate surface area is 88.1 Å². The number of aromatic nitrogens is 1. The molecule has 0 saturated heterocycles. The highest BCUT2D eigenvalue weighted by molar-refractivity contribution is 5.44. The van der Waals surface area contributed by atoms with Crippen molar-refractivity contribution in [2.24, 2.45) is 5.84 Å². The number of nitrogen functional groups attached to an aromatic ring is 1. The molecule has 0 aliphatic rings. The van der Waals surface area contributed by atoms with Gasteiger partial charge in [0.1, 0.15) is 17.2 Å². The van der Waals surface area contributed by atoms with Gasteiger partial charge in [-0.05, 0) is 19.1 Å². The van der Waals surface area contributed by atoms with Crippen molar-refractivity contribution in [3.63, 3.8) is 0 Å². The van der Waals surface area contributed by atoms with E-state index in [2.05, 4.69) is 15.7 Å². The van der Waals surface area contributed by atoms with Crippen LogP contribution in [0, 0.1) is 0 Å². The summed E-state index contributed by atoms with van der Waals surface area (Å²) in [5.41, 5.74) is 1.26. The maximum absolute atomic E-state index is 9.53. The van der Waals surface area contributed by atoms with E-state index in [1.54, 1.807) is 18.2 Å². The molecular weight excluding hydrogens is 196 g/mol. The second kappa shape index (κ2) is 4.92. The van der Waals surface area contributed by atoms with Crippen LogP contribution in [0.15, 0.2) is 18.2 Å². The summed E-state index contributed by atoms with van der Waals surface area (Å²) >= 11 is 0. The van der Waals surface area contributed by atoms with Crippen LogP contribution >= 0.6 is 0 Å². The lowest BCUT2D eigenvalue weighted by atomic mass is 10.1. The number of pyridine rings is 1. The quantitative estimate of drug-likeness (QED) is 0.334. The van der Waals surface area contributed by atoms with Crippen LogP contribution in [0.25, 0.3) is 0 Å². The van der Waals surface area contributed by atoms with Crippen LogP contribution in [0.4, 0.5) is 11.6 Å². The van der Waals surface area contributed by atoms with E-state index in [0.717, 1.165) is 0 Å². The molecule has 84 valence electrons. The van der Waals surface area contributed by atoms with Gasteiger partial charge >= 0.3 is 0 Å². The molecule has 0 aromatic carbocycles. The van der Waals surface area contributed by atoms with E-state index in [9.17, 15) is 5.11 Å². The van der Waals surface area contributed by atoms with Gasteiger partial charge in [-0.1, -0.05) is 6.07 Å². The minimum Gasteiger partial charge on any atom is -0.393 e. The molecule has 1 unspecified atom stereocenters. The van der Waals surface area contributed by atoms with Crippen molar-refractivity contribution in [2.45, 2.75) is 12.5 Å². The predicted molar refractivity (Wildman–Crippen MR) is 58.2 cm³/mol. The summed E-state index contributed by atoms with van der Waals surface area (Å²) in [6.07, 6.45) is 0. The molecule has 0 radical (unpaired) electrons. The van der Waals surface area contributed by atoms with Gasteiger partial charge in [0.05, 0.1) is 6.61 Å². The van der Waals surface area contributed by atoms with Crippen LogP contribution < -0.4 is 16.6 Å². The minimum absolute atomic E-state index is 0.213. The minimum atomic E-state index is -1.16. The molecule has 1 aromatic rings. The molecule has 6 N–H and O–H groups in total. The van der Waals surface area contributed by atoms with E-state index < -0.39 is 5.60 Å². The van der Waals surface area contributed by atoms with Crippen molar-refractivity contribution < 1.29 is 10.2 Å².